The number of hydrogen-bond donors (Lipinski definition) is 1. The van der Waals surface area contributed by atoms with Gasteiger partial charge in [-0.1, -0.05) is 49.6 Å². The largest absolute Gasteiger partial charge is 0.354 e. The van der Waals surface area contributed by atoms with Gasteiger partial charge in [0, 0.05) is 49.9 Å². The van der Waals surface area contributed by atoms with Gasteiger partial charge in [0.15, 0.2) is 0 Å². The first-order chi connectivity index (χ1) is 15.1. The first kappa shape index (κ1) is 21.6. The molecule has 2 amide bonds. The van der Waals surface area contributed by atoms with Crippen LogP contribution in [0.25, 0.3) is 0 Å². The summed E-state index contributed by atoms with van der Waals surface area (Å²) in [5.41, 5.74) is 3.50. The van der Waals surface area contributed by atoms with Crippen LogP contribution in [0.1, 0.15) is 61.2 Å². The molecular weight excluding hydrogens is 386 g/mol. The summed E-state index contributed by atoms with van der Waals surface area (Å²) in [6, 6.07) is 11.0. The van der Waals surface area contributed by atoms with Crippen molar-refractivity contribution in [1.82, 2.24) is 20.2 Å². The number of nitrogens with one attached hydrogen (secondary N) is 1. The van der Waals surface area contributed by atoms with E-state index < -0.39 is 0 Å². The molecule has 4 rings (SSSR count). The molecule has 1 N–H and O–H groups in total. The van der Waals surface area contributed by atoms with E-state index >= 15 is 0 Å². The summed E-state index contributed by atoms with van der Waals surface area (Å²) in [7, 11) is 0. The Labute approximate surface area is 186 Å². The summed E-state index contributed by atoms with van der Waals surface area (Å²) in [6.45, 7) is 7.28. The van der Waals surface area contributed by atoms with Gasteiger partial charge in [-0.2, -0.15) is 0 Å². The average Bonchev–Trinajstić information content (AvgIpc) is 3.03. The van der Waals surface area contributed by atoms with Crippen molar-refractivity contribution < 1.29 is 4.79 Å². The molecule has 0 bridgehead atoms. The predicted octanol–water partition coefficient (Wildman–Crippen LogP) is 4.24. The van der Waals surface area contributed by atoms with Crippen LogP contribution in [0.3, 0.4) is 0 Å². The minimum atomic E-state index is 0.105. The Morgan fingerprint density at radius 3 is 2.52 bits per heavy atom. The Bertz CT molecular complexity index is 879. The number of nitrogens with zero attached hydrogens (tertiary/aromatic N) is 4. The van der Waals surface area contributed by atoms with Crippen LogP contribution >= 0.6 is 0 Å². The number of benzene rings is 1. The van der Waals surface area contributed by atoms with Crippen molar-refractivity contribution in [3.8, 4) is 0 Å². The Balaban J connectivity index is 1.46. The van der Waals surface area contributed by atoms with E-state index in [9.17, 15) is 4.79 Å². The minimum absolute atomic E-state index is 0.105. The van der Waals surface area contributed by atoms with Gasteiger partial charge in [-0.3, -0.25) is 0 Å². The monoisotopic (exact) mass is 421 g/mol. The van der Waals surface area contributed by atoms with Crippen molar-refractivity contribution in [2.75, 3.05) is 31.1 Å². The topological polar surface area (TPSA) is 61.4 Å². The zero-order valence-electron chi connectivity index (χ0n) is 18.9. The second-order valence-electron chi connectivity index (χ2n) is 8.93. The molecule has 2 aromatic rings. The van der Waals surface area contributed by atoms with E-state index in [-0.39, 0.29) is 6.03 Å². The maximum Gasteiger partial charge on any atom is 0.317 e. The lowest BCUT2D eigenvalue weighted by atomic mass is 9.96. The number of aryl methyl sites for hydroxylation is 2. The molecule has 0 unspecified atom stereocenters. The maximum atomic E-state index is 12.8. The summed E-state index contributed by atoms with van der Waals surface area (Å²) >= 11 is 0. The van der Waals surface area contributed by atoms with Crippen LogP contribution < -0.4 is 10.2 Å². The van der Waals surface area contributed by atoms with Crippen molar-refractivity contribution in [2.24, 2.45) is 0 Å². The van der Waals surface area contributed by atoms with Gasteiger partial charge in [0.25, 0.3) is 0 Å². The SMILES string of the molecule is Cc1nc(C)c(Cc2ccccc2)c(N2CCCN(C(=O)NC3CCCCC3)CC2)n1. The smallest absolute Gasteiger partial charge is 0.317 e. The highest BCUT2D eigenvalue weighted by atomic mass is 16.2. The Kier molecular flexibility index (Phi) is 7.05. The number of carbonyl (C=O) groups excluding carboxylic acids is 1. The van der Waals surface area contributed by atoms with Crippen molar-refractivity contribution >= 4 is 11.8 Å². The number of carbonyl (C=O) groups is 1. The number of aromatic nitrogens is 2. The van der Waals surface area contributed by atoms with Crippen molar-refractivity contribution in [2.45, 2.75) is 64.8 Å². The van der Waals surface area contributed by atoms with Crippen LogP contribution in [-0.4, -0.2) is 53.1 Å². The number of amides is 2. The van der Waals surface area contributed by atoms with Crippen molar-refractivity contribution in [1.29, 1.82) is 0 Å². The quantitative estimate of drug-likeness (QED) is 0.802. The van der Waals surface area contributed by atoms with Gasteiger partial charge in [0.2, 0.25) is 0 Å². The fraction of sp³-hybridized carbons (Fsp3) is 0.560. The minimum Gasteiger partial charge on any atom is -0.354 e. The maximum absolute atomic E-state index is 12.8. The lowest BCUT2D eigenvalue weighted by molar-refractivity contribution is 0.193. The lowest BCUT2D eigenvalue weighted by Gasteiger charge is -2.28. The van der Waals surface area contributed by atoms with Crippen LogP contribution in [0.15, 0.2) is 30.3 Å². The summed E-state index contributed by atoms with van der Waals surface area (Å²) in [5.74, 6) is 1.84. The molecule has 1 aromatic heterocycles. The van der Waals surface area contributed by atoms with Gasteiger partial charge < -0.3 is 15.1 Å². The summed E-state index contributed by atoms with van der Waals surface area (Å²) in [4.78, 5) is 26.7. The molecule has 2 aliphatic rings. The van der Waals surface area contributed by atoms with Gasteiger partial charge in [-0.25, -0.2) is 14.8 Å². The van der Waals surface area contributed by atoms with Crippen molar-refractivity contribution in [3.63, 3.8) is 0 Å². The molecule has 1 aromatic carbocycles. The molecule has 2 heterocycles. The summed E-state index contributed by atoms with van der Waals surface area (Å²) < 4.78 is 0. The molecular formula is C25H35N5O. The van der Waals surface area contributed by atoms with Gasteiger partial charge in [0.1, 0.15) is 11.6 Å². The first-order valence-corrected chi connectivity index (χ1v) is 11.8. The average molecular weight is 422 g/mol. The second kappa shape index (κ2) is 10.1. The van der Waals surface area contributed by atoms with Gasteiger partial charge in [-0.15, -0.1) is 0 Å². The Morgan fingerprint density at radius 2 is 1.74 bits per heavy atom. The van der Waals surface area contributed by atoms with Crippen LogP contribution in [0, 0.1) is 13.8 Å². The number of anilines is 1. The molecule has 0 atom stereocenters. The molecule has 0 radical (unpaired) electrons. The van der Waals surface area contributed by atoms with E-state index in [1.54, 1.807) is 0 Å². The molecule has 1 saturated heterocycles. The summed E-state index contributed by atoms with van der Waals surface area (Å²) in [6.07, 6.45) is 7.77. The highest BCUT2D eigenvalue weighted by molar-refractivity contribution is 5.74. The Morgan fingerprint density at radius 1 is 0.968 bits per heavy atom. The molecule has 6 heteroatoms. The van der Waals surface area contributed by atoms with Gasteiger partial charge in [-0.05, 0) is 38.7 Å². The van der Waals surface area contributed by atoms with Crippen molar-refractivity contribution in [3.05, 3.63) is 53.0 Å². The normalized spacial score (nSPS) is 18.0. The van der Waals surface area contributed by atoms with E-state index in [0.29, 0.717) is 6.04 Å². The van der Waals surface area contributed by atoms with E-state index in [2.05, 4.69) is 46.4 Å². The van der Waals surface area contributed by atoms with E-state index in [0.717, 1.165) is 69.2 Å². The number of rotatable bonds is 4. The van der Waals surface area contributed by atoms with E-state index in [1.807, 2.05) is 17.9 Å². The third-order valence-electron chi connectivity index (χ3n) is 6.54. The molecule has 1 aliphatic carbocycles. The molecule has 0 spiro atoms. The van der Waals surface area contributed by atoms with Crippen LogP contribution in [-0.2, 0) is 6.42 Å². The number of hydrogen-bond acceptors (Lipinski definition) is 4. The van der Waals surface area contributed by atoms with Gasteiger partial charge in [0.05, 0.1) is 0 Å². The predicted molar refractivity (Wildman–Crippen MR) is 125 cm³/mol. The van der Waals surface area contributed by atoms with Crippen LogP contribution in [0.2, 0.25) is 0 Å². The highest BCUT2D eigenvalue weighted by Crippen LogP contribution is 2.25. The van der Waals surface area contributed by atoms with Crippen LogP contribution in [0.4, 0.5) is 10.6 Å². The fourth-order valence-corrected chi connectivity index (χ4v) is 4.83. The molecule has 31 heavy (non-hydrogen) atoms. The second-order valence-corrected chi connectivity index (χ2v) is 8.93. The van der Waals surface area contributed by atoms with Crippen LogP contribution in [0.5, 0.6) is 0 Å². The standard InChI is InChI=1S/C25H35N5O/c1-19-23(18-21-10-5-3-6-11-21)24(27-20(2)26-19)29-14-9-15-30(17-16-29)25(31)28-22-12-7-4-8-13-22/h3,5-6,10-11,22H,4,7-9,12-18H2,1-2H3,(H,28,31). The van der Waals surface area contributed by atoms with E-state index in [4.69, 9.17) is 4.98 Å². The zero-order chi connectivity index (χ0) is 21.6. The first-order valence-electron chi connectivity index (χ1n) is 11.8. The Hall–Kier alpha value is -2.63. The summed E-state index contributed by atoms with van der Waals surface area (Å²) in [5, 5.41) is 3.28. The number of urea groups is 1. The molecule has 166 valence electrons. The van der Waals surface area contributed by atoms with E-state index in [1.165, 1.54) is 30.4 Å². The lowest BCUT2D eigenvalue weighted by Crippen LogP contribution is -2.46. The highest BCUT2D eigenvalue weighted by Gasteiger charge is 2.24. The molecule has 2 fully saturated rings. The third kappa shape index (κ3) is 5.54. The molecule has 1 aliphatic heterocycles. The zero-order valence-corrected chi connectivity index (χ0v) is 18.9. The molecule has 1 saturated carbocycles. The fourth-order valence-electron chi connectivity index (χ4n) is 4.83. The third-order valence-corrected chi connectivity index (χ3v) is 6.54. The molecule has 6 nitrogen and oxygen atoms in total. The van der Waals surface area contributed by atoms with Gasteiger partial charge >= 0.3 is 6.03 Å².